The van der Waals surface area contributed by atoms with Crippen molar-refractivity contribution in [1.82, 2.24) is 0 Å². The van der Waals surface area contributed by atoms with Crippen LogP contribution in [-0.4, -0.2) is 125 Å². The number of rotatable bonds is 18. The number of benzene rings is 1. The standard InChI is InChI=1S/C35H46O17/c1-9-15-42-30-28(46-21(5)38)26(17-44-19(3)36)51-35(33(30)48-23(7)40)52-29-27(18-45-20(4)37)50-34(49-25-13-11-24(41-8)12-14-25)32(47-22(6)39)31(29)43-16-10-2/h9-14,26-35H,1-2,15-18H2,3-8H3. The van der Waals surface area contributed by atoms with Crippen LogP contribution < -0.4 is 9.47 Å². The zero-order valence-corrected chi connectivity index (χ0v) is 29.9. The molecule has 10 unspecified atom stereocenters. The molecule has 2 fully saturated rings. The summed E-state index contributed by atoms with van der Waals surface area (Å²) in [7, 11) is 1.50. The molecule has 17 heteroatoms. The highest BCUT2D eigenvalue weighted by atomic mass is 16.8. The Morgan fingerprint density at radius 2 is 1.02 bits per heavy atom. The van der Waals surface area contributed by atoms with E-state index in [0.29, 0.717) is 11.5 Å². The Balaban J connectivity index is 2.14. The minimum Gasteiger partial charge on any atom is -0.497 e. The first-order chi connectivity index (χ1) is 24.8. The number of methoxy groups -OCH3 is 1. The highest BCUT2D eigenvalue weighted by Crippen LogP contribution is 2.36. The van der Waals surface area contributed by atoms with Crippen molar-refractivity contribution in [2.24, 2.45) is 0 Å². The summed E-state index contributed by atoms with van der Waals surface area (Å²) < 4.78 is 69.9. The van der Waals surface area contributed by atoms with Crippen molar-refractivity contribution in [3.8, 4) is 11.5 Å². The Kier molecular flexibility index (Phi) is 16.5. The molecule has 0 spiro atoms. The van der Waals surface area contributed by atoms with E-state index in [4.69, 9.17) is 56.8 Å². The molecule has 0 radical (unpaired) electrons. The third kappa shape index (κ3) is 12.3. The smallest absolute Gasteiger partial charge is 0.303 e. The molecule has 0 aromatic heterocycles. The first-order valence-corrected chi connectivity index (χ1v) is 16.3. The van der Waals surface area contributed by atoms with Crippen molar-refractivity contribution >= 4 is 29.8 Å². The lowest BCUT2D eigenvalue weighted by Gasteiger charge is -2.49. The number of hydrogen-bond donors (Lipinski definition) is 0. The molecule has 2 aliphatic heterocycles. The molecule has 0 amide bonds. The van der Waals surface area contributed by atoms with Crippen LogP contribution in [0.15, 0.2) is 49.6 Å². The van der Waals surface area contributed by atoms with Crippen LogP contribution in [0.25, 0.3) is 0 Å². The second-order valence-electron chi connectivity index (χ2n) is 11.5. The fourth-order valence-corrected chi connectivity index (χ4v) is 5.44. The van der Waals surface area contributed by atoms with E-state index in [9.17, 15) is 24.0 Å². The van der Waals surface area contributed by atoms with E-state index in [2.05, 4.69) is 13.2 Å². The summed E-state index contributed by atoms with van der Waals surface area (Å²) in [5.41, 5.74) is 0. The van der Waals surface area contributed by atoms with Crippen molar-refractivity contribution in [2.45, 2.75) is 96.0 Å². The molecule has 0 saturated carbocycles. The van der Waals surface area contributed by atoms with Gasteiger partial charge in [-0.05, 0) is 24.3 Å². The number of carbonyl (C=O) groups excluding carboxylic acids is 5. The number of hydrogen-bond acceptors (Lipinski definition) is 17. The number of esters is 5. The Bertz CT molecular complexity index is 1380. The van der Waals surface area contributed by atoms with Gasteiger partial charge < -0.3 is 56.8 Å². The van der Waals surface area contributed by atoms with Crippen LogP contribution in [0, 0.1) is 0 Å². The normalized spacial score (nSPS) is 28.3. The summed E-state index contributed by atoms with van der Waals surface area (Å²) in [6.07, 6.45) is -10.4. The monoisotopic (exact) mass is 738 g/mol. The average Bonchev–Trinajstić information content (AvgIpc) is 3.07. The molecule has 10 atom stereocenters. The maximum atomic E-state index is 12.5. The minimum atomic E-state index is -1.58. The lowest BCUT2D eigenvalue weighted by molar-refractivity contribution is -0.358. The lowest BCUT2D eigenvalue weighted by Crippen LogP contribution is -2.67. The number of carbonyl (C=O) groups is 5. The summed E-state index contributed by atoms with van der Waals surface area (Å²) in [6.45, 7) is 12.1. The van der Waals surface area contributed by atoms with Crippen LogP contribution in [0.3, 0.4) is 0 Å². The quantitative estimate of drug-likeness (QED) is 0.120. The molecule has 2 saturated heterocycles. The van der Waals surface area contributed by atoms with Gasteiger partial charge >= 0.3 is 29.8 Å². The molecule has 0 aliphatic carbocycles. The second-order valence-corrected chi connectivity index (χ2v) is 11.5. The van der Waals surface area contributed by atoms with E-state index in [0.717, 1.165) is 13.8 Å². The zero-order valence-electron chi connectivity index (χ0n) is 29.9. The van der Waals surface area contributed by atoms with Gasteiger partial charge in [-0.15, -0.1) is 13.2 Å². The van der Waals surface area contributed by atoms with Gasteiger partial charge in [0.2, 0.25) is 6.29 Å². The Hall–Kier alpha value is -4.55. The van der Waals surface area contributed by atoms with E-state index in [1.54, 1.807) is 24.3 Å². The van der Waals surface area contributed by atoms with Gasteiger partial charge in [-0.3, -0.25) is 24.0 Å². The molecule has 3 rings (SSSR count). The second kappa shape index (κ2) is 20.5. The Morgan fingerprint density at radius 1 is 0.596 bits per heavy atom. The van der Waals surface area contributed by atoms with Gasteiger partial charge in [-0.1, -0.05) is 12.2 Å². The summed E-state index contributed by atoms with van der Waals surface area (Å²) >= 11 is 0. The Labute approximate surface area is 301 Å². The third-order valence-corrected chi connectivity index (χ3v) is 7.41. The molecule has 17 nitrogen and oxygen atoms in total. The van der Waals surface area contributed by atoms with Gasteiger partial charge in [0, 0.05) is 34.6 Å². The SMILES string of the molecule is C=CCOC1C(OC(C)=O)C(COC(C)=O)OC(OC2C(COC(C)=O)OC(Oc3ccc(OC)cc3)C(OC(C)=O)C2OCC=C)C1OC(C)=O. The van der Waals surface area contributed by atoms with E-state index < -0.39 is 104 Å². The highest BCUT2D eigenvalue weighted by Gasteiger charge is 2.56. The predicted octanol–water partition coefficient (Wildman–Crippen LogP) is 1.97. The van der Waals surface area contributed by atoms with E-state index in [-0.39, 0.29) is 13.2 Å². The maximum Gasteiger partial charge on any atom is 0.303 e. The van der Waals surface area contributed by atoms with Crippen molar-refractivity contribution in [3.05, 3.63) is 49.6 Å². The van der Waals surface area contributed by atoms with Crippen LogP contribution >= 0.6 is 0 Å². The van der Waals surface area contributed by atoms with E-state index in [1.165, 1.54) is 40.0 Å². The molecule has 0 N–H and O–H groups in total. The fourth-order valence-electron chi connectivity index (χ4n) is 5.44. The molecule has 2 heterocycles. The van der Waals surface area contributed by atoms with Crippen LogP contribution in [-0.2, 0) is 71.3 Å². The van der Waals surface area contributed by atoms with E-state index in [1.807, 2.05) is 0 Å². The first-order valence-electron chi connectivity index (χ1n) is 16.3. The summed E-state index contributed by atoms with van der Waals surface area (Å²) in [5.74, 6) is -2.71. The molecule has 52 heavy (non-hydrogen) atoms. The molecule has 288 valence electrons. The summed E-state index contributed by atoms with van der Waals surface area (Å²) in [6, 6.07) is 6.48. The van der Waals surface area contributed by atoms with E-state index >= 15 is 0 Å². The fraction of sp³-hybridized carbons (Fsp3) is 0.571. The van der Waals surface area contributed by atoms with Crippen molar-refractivity contribution in [2.75, 3.05) is 33.5 Å². The molecule has 0 bridgehead atoms. The van der Waals surface area contributed by atoms with Gasteiger partial charge in [0.1, 0.15) is 55.2 Å². The third-order valence-electron chi connectivity index (χ3n) is 7.41. The minimum absolute atomic E-state index is 0.0919. The van der Waals surface area contributed by atoms with Crippen LogP contribution in [0.5, 0.6) is 11.5 Å². The Morgan fingerprint density at radius 3 is 1.48 bits per heavy atom. The van der Waals surface area contributed by atoms with Crippen molar-refractivity contribution < 1.29 is 80.8 Å². The molecule has 1 aromatic rings. The van der Waals surface area contributed by atoms with Crippen LogP contribution in [0.1, 0.15) is 34.6 Å². The topological polar surface area (TPSA) is 196 Å². The lowest BCUT2D eigenvalue weighted by atomic mass is 9.96. The summed E-state index contributed by atoms with van der Waals surface area (Å²) in [4.78, 5) is 61.1. The van der Waals surface area contributed by atoms with Gasteiger partial charge in [-0.25, -0.2) is 0 Å². The van der Waals surface area contributed by atoms with Gasteiger partial charge in [0.05, 0.1) is 20.3 Å². The molecule has 1 aromatic carbocycles. The van der Waals surface area contributed by atoms with Crippen LogP contribution in [0.2, 0.25) is 0 Å². The van der Waals surface area contributed by atoms with Gasteiger partial charge in [0.15, 0.2) is 24.6 Å². The van der Waals surface area contributed by atoms with Crippen molar-refractivity contribution in [3.63, 3.8) is 0 Å². The van der Waals surface area contributed by atoms with Crippen LogP contribution in [0.4, 0.5) is 0 Å². The maximum absolute atomic E-state index is 12.5. The highest BCUT2D eigenvalue weighted by molar-refractivity contribution is 5.68. The predicted molar refractivity (Wildman–Crippen MR) is 176 cm³/mol. The largest absolute Gasteiger partial charge is 0.497 e. The first kappa shape index (κ1) is 41.9. The molecular formula is C35H46O17. The average molecular weight is 739 g/mol. The zero-order chi connectivity index (χ0) is 38.4. The molecular weight excluding hydrogens is 692 g/mol. The van der Waals surface area contributed by atoms with Gasteiger partial charge in [0.25, 0.3) is 0 Å². The number of ether oxygens (including phenoxy) is 12. The van der Waals surface area contributed by atoms with Gasteiger partial charge in [-0.2, -0.15) is 0 Å². The molecule has 2 aliphatic rings. The van der Waals surface area contributed by atoms with Crippen molar-refractivity contribution in [1.29, 1.82) is 0 Å². The summed E-state index contributed by atoms with van der Waals surface area (Å²) in [5, 5.41) is 0.